The molecule has 0 fully saturated rings. The summed E-state index contributed by atoms with van der Waals surface area (Å²) in [6.45, 7) is 0.211. The first-order valence-corrected chi connectivity index (χ1v) is 8.49. The molecule has 0 aliphatic carbocycles. The summed E-state index contributed by atoms with van der Waals surface area (Å²) in [7, 11) is 0. The Kier molecular flexibility index (Phi) is 6.09. The number of para-hydroxylation sites is 1. The first-order valence-electron chi connectivity index (χ1n) is 8.49. The highest BCUT2D eigenvalue weighted by atomic mass is 19.4. The van der Waals surface area contributed by atoms with E-state index < -0.39 is 11.7 Å². The summed E-state index contributed by atoms with van der Waals surface area (Å²) >= 11 is 0. The molecule has 0 atom stereocenters. The van der Waals surface area contributed by atoms with Crippen LogP contribution >= 0.6 is 0 Å². The van der Waals surface area contributed by atoms with Gasteiger partial charge in [-0.25, -0.2) is 4.98 Å². The summed E-state index contributed by atoms with van der Waals surface area (Å²) in [5.74, 6) is 0.724. The Bertz CT molecular complexity index is 1040. The van der Waals surface area contributed by atoms with E-state index in [-0.39, 0.29) is 12.4 Å². The quantitative estimate of drug-likeness (QED) is 0.470. The van der Waals surface area contributed by atoms with Crippen molar-refractivity contribution in [3.05, 3.63) is 89.1 Å². The molecule has 146 valence electrons. The lowest BCUT2D eigenvalue weighted by Gasteiger charge is -2.10. The molecular formula is C21H15F3N4O. The van der Waals surface area contributed by atoms with E-state index in [1.165, 1.54) is 12.3 Å². The van der Waals surface area contributed by atoms with Crippen molar-refractivity contribution in [2.75, 3.05) is 5.43 Å². The number of hydrazone groups is 1. The molecule has 0 amide bonds. The van der Waals surface area contributed by atoms with Crippen LogP contribution in [0.4, 0.5) is 19.0 Å². The number of nitrogens with one attached hydrogen (secondary N) is 1. The number of nitrogens with zero attached hydrogens (tertiary/aromatic N) is 3. The third kappa shape index (κ3) is 5.32. The smallest absolute Gasteiger partial charge is 0.417 e. The largest absolute Gasteiger partial charge is 0.488 e. The van der Waals surface area contributed by atoms with E-state index in [1.54, 1.807) is 36.4 Å². The van der Waals surface area contributed by atoms with Crippen molar-refractivity contribution in [3.8, 4) is 11.8 Å². The van der Waals surface area contributed by atoms with Gasteiger partial charge < -0.3 is 4.74 Å². The van der Waals surface area contributed by atoms with E-state index in [9.17, 15) is 13.2 Å². The molecule has 5 nitrogen and oxygen atoms in total. The van der Waals surface area contributed by atoms with Crippen LogP contribution in [0.5, 0.6) is 5.75 Å². The molecule has 3 rings (SSSR count). The number of aromatic nitrogens is 1. The molecule has 8 heteroatoms. The van der Waals surface area contributed by atoms with Crippen LogP contribution in [-0.4, -0.2) is 11.2 Å². The maximum Gasteiger partial charge on any atom is 0.417 e. The monoisotopic (exact) mass is 396 g/mol. The number of pyridine rings is 1. The van der Waals surface area contributed by atoms with Gasteiger partial charge in [0, 0.05) is 17.3 Å². The average Bonchev–Trinajstić information content (AvgIpc) is 2.73. The number of anilines is 1. The molecule has 0 saturated heterocycles. The van der Waals surface area contributed by atoms with Crippen LogP contribution in [0.1, 0.15) is 22.3 Å². The van der Waals surface area contributed by atoms with Gasteiger partial charge in [0.05, 0.1) is 23.4 Å². The molecule has 1 heterocycles. The Hall–Kier alpha value is -3.86. The fourth-order valence-corrected chi connectivity index (χ4v) is 2.43. The number of ether oxygens (including phenoxy) is 1. The van der Waals surface area contributed by atoms with E-state index in [2.05, 4.69) is 21.6 Å². The van der Waals surface area contributed by atoms with Gasteiger partial charge >= 0.3 is 6.18 Å². The van der Waals surface area contributed by atoms with E-state index >= 15 is 0 Å². The lowest BCUT2D eigenvalue weighted by atomic mass is 10.1. The predicted molar refractivity (Wildman–Crippen MR) is 102 cm³/mol. The summed E-state index contributed by atoms with van der Waals surface area (Å²) in [4.78, 5) is 3.69. The Morgan fingerprint density at radius 2 is 1.83 bits per heavy atom. The zero-order valence-electron chi connectivity index (χ0n) is 15.0. The van der Waals surface area contributed by atoms with Gasteiger partial charge in [-0.2, -0.15) is 23.5 Å². The van der Waals surface area contributed by atoms with Crippen molar-refractivity contribution in [2.24, 2.45) is 5.10 Å². The molecule has 0 bridgehead atoms. The third-order valence-corrected chi connectivity index (χ3v) is 3.91. The highest BCUT2D eigenvalue weighted by Gasteiger charge is 2.30. The lowest BCUT2D eigenvalue weighted by molar-refractivity contribution is -0.137. The topological polar surface area (TPSA) is 70.3 Å². The fourth-order valence-electron chi connectivity index (χ4n) is 2.43. The zero-order chi connectivity index (χ0) is 20.7. The fraction of sp³-hybridized carbons (Fsp3) is 0.0952. The maximum atomic E-state index is 12.6. The van der Waals surface area contributed by atoms with Crippen molar-refractivity contribution < 1.29 is 17.9 Å². The summed E-state index contributed by atoms with van der Waals surface area (Å²) in [5.41, 5.74) is 3.70. The molecular weight excluding hydrogens is 381 g/mol. The highest BCUT2D eigenvalue weighted by molar-refractivity contribution is 5.83. The number of halogens is 3. The van der Waals surface area contributed by atoms with Crippen LogP contribution in [0.3, 0.4) is 0 Å². The van der Waals surface area contributed by atoms with Crippen LogP contribution < -0.4 is 10.2 Å². The van der Waals surface area contributed by atoms with Gasteiger partial charge in [0.1, 0.15) is 18.2 Å². The summed E-state index contributed by atoms with van der Waals surface area (Å²) in [5, 5.41) is 13.2. The van der Waals surface area contributed by atoms with Gasteiger partial charge in [0.2, 0.25) is 0 Å². The molecule has 0 aliphatic heterocycles. The van der Waals surface area contributed by atoms with Gasteiger partial charge in [-0.3, -0.25) is 5.43 Å². The van der Waals surface area contributed by atoms with Crippen LogP contribution in [0.15, 0.2) is 72.0 Å². The van der Waals surface area contributed by atoms with Crippen LogP contribution in [0.25, 0.3) is 0 Å². The maximum absolute atomic E-state index is 12.6. The van der Waals surface area contributed by atoms with E-state index in [0.29, 0.717) is 16.9 Å². The van der Waals surface area contributed by atoms with Gasteiger partial charge in [-0.1, -0.05) is 30.3 Å². The SMILES string of the molecule is N#Cc1ccccc1COc1ccccc1/C=N\Nc1ccc(C(F)(F)F)cn1. The minimum atomic E-state index is -4.44. The molecule has 1 N–H and O–H groups in total. The third-order valence-electron chi connectivity index (χ3n) is 3.91. The normalized spacial score (nSPS) is 11.2. The molecule has 0 spiro atoms. The molecule has 2 aromatic carbocycles. The Balaban J connectivity index is 1.67. The summed E-state index contributed by atoms with van der Waals surface area (Å²) < 4.78 is 43.5. The number of hydrogen-bond acceptors (Lipinski definition) is 5. The first-order chi connectivity index (χ1) is 14.0. The Morgan fingerprint density at radius 3 is 2.55 bits per heavy atom. The number of alkyl halides is 3. The van der Waals surface area contributed by atoms with Crippen LogP contribution in [0.2, 0.25) is 0 Å². The lowest BCUT2D eigenvalue weighted by Crippen LogP contribution is -2.05. The summed E-state index contributed by atoms with van der Waals surface area (Å²) in [6.07, 6.45) is -2.22. The minimum absolute atomic E-state index is 0.176. The zero-order valence-corrected chi connectivity index (χ0v) is 15.0. The molecule has 0 unspecified atom stereocenters. The van der Waals surface area contributed by atoms with Gasteiger partial charge in [0.15, 0.2) is 0 Å². The van der Waals surface area contributed by atoms with Gasteiger partial charge in [-0.05, 0) is 30.3 Å². The van der Waals surface area contributed by atoms with Crippen molar-refractivity contribution >= 4 is 12.0 Å². The second kappa shape index (κ2) is 8.89. The highest BCUT2D eigenvalue weighted by Crippen LogP contribution is 2.28. The molecule has 0 saturated carbocycles. The molecule has 29 heavy (non-hydrogen) atoms. The van der Waals surface area contributed by atoms with Crippen molar-refractivity contribution in [3.63, 3.8) is 0 Å². The Morgan fingerprint density at radius 1 is 1.07 bits per heavy atom. The van der Waals surface area contributed by atoms with Crippen LogP contribution in [0, 0.1) is 11.3 Å². The van der Waals surface area contributed by atoms with Gasteiger partial charge in [-0.15, -0.1) is 0 Å². The summed E-state index contributed by atoms with van der Waals surface area (Å²) in [6, 6.07) is 18.5. The average molecular weight is 396 g/mol. The standard InChI is InChI=1S/C21H15F3N4O/c22-21(23,24)18-9-10-20(26-13-18)28-27-12-16-6-3-4-8-19(16)29-14-17-7-2-1-5-15(17)11-25/h1-10,12-13H,14H2,(H,26,28)/b27-12-. The molecule has 1 aromatic heterocycles. The molecule has 0 radical (unpaired) electrons. The van der Waals surface area contributed by atoms with Crippen molar-refractivity contribution in [2.45, 2.75) is 12.8 Å². The first kappa shape index (κ1) is 19.9. The molecule has 0 aliphatic rings. The Labute approximate surface area is 165 Å². The second-order valence-corrected chi connectivity index (χ2v) is 5.90. The number of hydrogen-bond donors (Lipinski definition) is 1. The predicted octanol–water partition coefficient (Wildman–Crippen LogP) is 5.00. The number of nitriles is 1. The van der Waals surface area contributed by atoms with E-state index in [1.807, 2.05) is 12.1 Å². The van der Waals surface area contributed by atoms with Crippen molar-refractivity contribution in [1.82, 2.24) is 4.98 Å². The van der Waals surface area contributed by atoms with E-state index in [0.717, 1.165) is 17.8 Å². The molecule has 3 aromatic rings. The van der Waals surface area contributed by atoms with Crippen molar-refractivity contribution in [1.29, 1.82) is 5.26 Å². The van der Waals surface area contributed by atoms with E-state index in [4.69, 9.17) is 10.00 Å². The number of benzene rings is 2. The van der Waals surface area contributed by atoms with Crippen LogP contribution in [-0.2, 0) is 12.8 Å². The van der Waals surface area contributed by atoms with Gasteiger partial charge in [0.25, 0.3) is 0 Å². The second-order valence-electron chi connectivity index (χ2n) is 5.90. The minimum Gasteiger partial charge on any atom is -0.488 e. The number of rotatable bonds is 6.